The summed E-state index contributed by atoms with van der Waals surface area (Å²) in [6, 6.07) is 25.4. The molecule has 1 atom stereocenters. The van der Waals surface area contributed by atoms with E-state index in [9.17, 15) is 14.9 Å². The van der Waals surface area contributed by atoms with E-state index in [1.54, 1.807) is 48.5 Å². The van der Waals surface area contributed by atoms with Gasteiger partial charge in [0.1, 0.15) is 0 Å². The Hall–Kier alpha value is -3.91. The van der Waals surface area contributed by atoms with Crippen molar-refractivity contribution in [1.82, 2.24) is 5.32 Å². The van der Waals surface area contributed by atoms with Crippen LogP contribution in [0, 0.1) is 11.3 Å². The molecule has 0 spiro atoms. The van der Waals surface area contributed by atoms with Gasteiger partial charge in [-0.3, -0.25) is 4.79 Å². The molecule has 29 heavy (non-hydrogen) atoms. The molecule has 3 aromatic carbocycles. The maximum Gasteiger partial charge on any atom is 0.339 e. The van der Waals surface area contributed by atoms with E-state index < -0.39 is 5.97 Å². The fourth-order valence-corrected chi connectivity index (χ4v) is 3.03. The van der Waals surface area contributed by atoms with E-state index in [0.29, 0.717) is 22.3 Å². The van der Waals surface area contributed by atoms with E-state index in [4.69, 9.17) is 4.74 Å². The second-order valence-corrected chi connectivity index (χ2v) is 6.48. The Morgan fingerprint density at radius 3 is 2.28 bits per heavy atom. The number of carbonyl (C=O) groups excluding carboxylic acids is 2. The Morgan fingerprint density at radius 2 is 1.55 bits per heavy atom. The average Bonchev–Trinajstić information content (AvgIpc) is 2.78. The lowest BCUT2D eigenvalue weighted by Gasteiger charge is -2.15. The first-order valence-corrected chi connectivity index (χ1v) is 9.20. The van der Waals surface area contributed by atoms with Crippen molar-refractivity contribution < 1.29 is 14.3 Å². The first-order valence-electron chi connectivity index (χ1n) is 9.20. The molecule has 0 aliphatic rings. The minimum absolute atomic E-state index is 0.197. The van der Waals surface area contributed by atoms with Crippen LogP contribution >= 0.6 is 0 Å². The van der Waals surface area contributed by atoms with Crippen molar-refractivity contribution in [2.24, 2.45) is 0 Å². The van der Waals surface area contributed by atoms with Gasteiger partial charge >= 0.3 is 5.97 Å². The highest BCUT2D eigenvalue weighted by molar-refractivity contribution is 5.98. The summed E-state index contributed by atoms with van der Waals surface area (Å²) in [5.41, 5.74) is 2.96. The van der Waals surface area contributed by atoms with Gasteiger partial charge in [0.25, 0.3) is 5.91 Å². The highest BCUT2D eigenvalue weighted by Crippen LogP contribution is 2.27. The first kappa shape index (κ1) is 19.8. The fraction of sp³-hybridized carbons (Fsp3) is 0.125. The van der Waals surface area contributed by atoms with Gasteiger partial charge in [0.15, 0.2) is 6.61 Å². The molecule has 0 aliphatic carbocycles. The zero-order valence-electron chi connectivity index (χ0n) is 16.0. The fourth-order valence-electron chi connectivity index (χ4n) is 3.03. The van der Waals surface area contributed by atoms with Crippen LogP contribution in [0.1, 0.15) is 34.5 Å². The molecule has 0 saturated carbocycles. The first-order chi connectivity index (χ1) is 14.1. The normalized spacial score (nSPS) is 11.2. The summed E-state index contributed by atoms with van der Waals surface area (Å²) in [6.45, 7) is 1.48. The maximum atomic E-state index is 12.6. The highest BCUT2D eigenvalue weighted by Gasteiger charge is 2.17. The second kappa shape index (κ2) is 9.34. The number of ether oxygens (including phenoxy) is 1. The van der Waals surface area contributed by atoms with Crippen molar-refractivity contribution in [1.29, 1.82) is 5.26 Å². The van der Waals surface area contributed by atoms with Crippen LogP contribution in [0.4, 0.5) is 0 Å². The Morgan fingerprint density at radius 1 is 0.931 bits per heavy atom. The van der Waals surface area contributed by atoms with Crippen LogP contribution in [0.2, 0.25) is 0 Å². The van der Waals surface area contributed by atoms with Gasteiger partial charge in [-0.25, -0.2) is 4.79 Å². The summed E-state index contributed by atoms with van der Waals surface area (Å²) in [4.78, 5) is 24.8. The van der Waals surface area contributed by atoms with E-state index >= 15 is 0 Å². The summed E-state index contributed by atoms with van der Waals surface area (Å²) in [7, 11) is 0. The molecule has 0 heterocycles. The topological polar surface area (TPSA) is 79.2 Å². The predicted octanol–water partition coefficient (Wildman–Crippen LogP) is 4.26. The number of hydrogen-bond donors (Lipinski definition) is 1. The van der Waals surface area contributed by atoms with Crippen LogP contribution in [0.5, 0.6) is 0 Å². The van der Waals surface area contributed by atoms with Crippen molar-refractivity contribution in [3.8, 4) is 17.2 Å². The summed E-state index contributed by atoms with van der Waals surface area (Å²) < 4.78 is 5.23. The largest absolute Gasteiger partial charge is 0.452 e. The van der Waals surface area contributed by atoms with Gasteiger partial charge in [-0.2, -0.15) is 5.26 Å². The van der Waals surface area contributed by atoms with Crippen LogP contribution in [-0.2, 0) is 9.53 Å². The van der Waals surface area contributed by atoms with Gasteiger partial charge in [0.2, 0.25) is 0 Å². The predicted molar refractivity (Wildman–Crippen MR) is 110 cm³/mol. The van der Waals surface area contributed by atoms with E-state index in [1.165, 1.54) is 0 Å². The summed E-state index contributed by atoms with van der Waals surface area (Å²) in [5, 5.41) is 12.2. The van der Waals surface area contributed by atoms with Crippen LogP contribution in [0.25, 0.3) is 11.1 Å². The Bertz CT molecular complexity index is 1050. The van der Waals surface area contributed by atoms with Gasteiger partial charge in [-0.05, 0) is 30.2 Å². The molecule has 0 aliphatic heterocycles. The minimum Gasteiger partial charge on any atom is -0.452 e. The molecule has 0 unspecified atom stereocenters. The molecule has 0 radical (unpaired) electrons. The number of nitriles is 1. The van der Waals surface area contributed by atoms with Gasteiger partial charge < -0.3 is 10.1 Å². The van der Waals surface area contributed by atoms with E-state index in [1.807, 2.05) is 37.3 Å². The monoisotopic (exact) mass is 384 g/mol. The molecule has 0 saturated heterocycles. The average molecular weight is 384 g/mol. The molecule has 0 fully saturated rings. The molecular formula is C24H20N2O3. The number of carbonyl (C=O) groups is 2. The molecule has 3 aromatic rings. The Labute approximate surface area is 169 Å². The zero-order chi connectivity index (χ0) is 20.6. The lowest BCUT2D eigenvalue weighted by Crippen LogP contribution is -2.31. The lowest BCUT2D eigenvalue weighted by molar-refractivity contribution is -0.124. The Balaban J connectivity index is 1.69. The number of benzene rings is 3. The van der Waals surface area contributed by atoms with Crippen LogP contribution in [0.15, 0.2) is 78.9 Å². The number of nitrogens with one attached hydrogen (secondary N) is 1. The summed E-state index contributed by atoms with van der Waals surface area (Å²) in [6.07, 6.45) is 0. The molecule has 5 nitrogen and oxygen atoms in total. The summed E-state index contributed by atoms with van der Waals surface area (Å²) >= 11 is 0. The highest BCUT2D eigenvalue weighted by atomic mass is 16.5. The standard InChI is InChI=1S/C24H20N2O3/c1-17(18-9-3-2-4-10-18)26-23(27)16-29-24(28)22-14-8-7-13-21(22)20-12-6-5-11-19(20)15-25/h2-14,17H,16H2,1H3,(H,26,27)/t17-/m1/s1. The molecule has 0 bridgehead atoms. The van der Waals surface area contributed by atoms with Crippen LogP contribution in [-0.4, -0.2) is 18.5 Å². The molecule has 5 heteroatoms. The zero-order valence-corrected chi connectivity index (χ0v) is 16.0. The number of amides is 1. The van der Waals surface area contributed by atoms with Crippen LogP contribution < -0.4 is 5.32 Å². The van der Waals surface area contributed by atoms with Gasteiger partial charge in [-0.1, -0.05) is 66.7 Å². The number of rotatable bonds is 6. The number of esters is 1. The molecule has 3 rings (SSSR count). The van der Waals surface area contributed by atoms with Crippen molar-refractivity contribution in [3.63, 3.8) is 0 Å². The number of hydrogen-bond acceptors (Lipinski definition) is 4. The van der Waals surface area contributed by atoms with E-state index in [2.05, 4.69) is 11.4 Å². The second-order valence-electron chi connectivity index (χ2n) is 6.48. The van der Waals surface area contributed by atoms with E-state index in [0.717, 1.165) is 5.56 Å². The Kier molecular flexibility index (Phi) is 6.39. The summed E-state index contributed by atoms with van der Waals surface area (Å²) in [5.74, 6) is -1.000. The van der Waals surface area contributed by atoms with Crippen molar-refractivity contribution in [2.75, 3.05) is 6.61 Å². The van der Waals surface area contributed by atoms with Gasteiger partial charge in [0, 0.05) is 5.56 Å². The number of nitrogens with zero attached hydrogens (tertiary/aromatic N) is 1. The van der Waals surface area contributed by atoms with Gasteiger partial charge in [0.05, 0.1) is 23.2 Å². The third-order valence-corrected chi connectivity index (χ3v) is 4.50. The molecular weight excluding hydrogens is 364 g/mol. The SMILES string of the molecule is C[C@@H](NC(=O)COC(=O)c1ccccc1-c1ccccc1C#N)c1ccccc1. The van der Waals surface area contributed by atoms with E-state index in [-0.39, 0.29) is 18.6 Å². The molecule has 0 aromatic heterocycles. The van der Waals surface area contributed by atoms with Crippen molar-refractivity contribution >= 4 is 11.9 Å². The third kappa shape index (κ3) is 4.88. The van der Waals surface area contributed by atoms with Crippen molar-refractivity contribution in [3.05, 3.63) is 95.6 Å². The van der Waals surface area contributed by atoms with Crippen molar-refractivity contribution in [2.45, 2.75) is 13.0 Å². The van der Waals surface area contributed by atoms with Crippen LogP contribution in [0.3, 0.4) is 0 Å². The smallest absolute Gasteiger partial charge is 0.339 e. The quantitative estimate of drug-likeness (QED) is 0.644. The third-order valence-electron chi connectivity index (χ3n) is 4.50. The molecule has 1 N–H and O–H groups in total. The maximum absolute atomic E-state index is 12.6. The van der Waals surface area contributed by atoms with Gasteiger partial charge in [-0.15, -0.1) is 0 Å². The minimum atomic E-state index is -0.615. The lowest BCUT2D eigenvalue weighted by atomic mass is 9.96. The molecule has 1 amide bonds. The molecule has 144 valence electrons.